The van der Waals surface area contributed by atoms with Crippen LogP contribution in [0.15, 0.2) is 176 Å². The molecule has 0 aliphatic carbocycles. The second-order valence-electron chi connectivity index (χ2n) is 13.9. The van der Waals surface area contributed by atoms with Crippen molar-refractivity contribution < 1.29 is 0 Å². The molecule has 5 heteroatoms. The first-order valence-corrected chi connectivity index (χ1v) is 18.0. The summed E-state index contributed by atoms with van der Waals surface area (Å²) in [6.45, 7) is 0. The number of rotatable bonds is 3. The van der Waals surface area contributed by atoms with Crippen LogP contribution in [0.1, 0.15) is 0 Å². The Morgan fingerprint density at radius 2 is 0.943 bits per heavy atom. The van der Waals surface area contributed by atoms with Crippen LogP contribution in [-0.4, -0.2) is 23.5 Å². The molecule has 0 unspecified atom stereocenters. The number of imidazole rings is 1. The van der Waals surface area contributed by atoms with E-state index in [1.807, 2.05) is 12.1 Å². The molecule has 0 fully saturated rings. The summed E-state index contributed by atoms with van der Waals surface area (Å²) in [7, 11) is 0. The van der Waals surface area contributed by atoms with E-state index in [4.69, 9.17) is 9.97 Å². The molecule has 4 aromatic heterocycles. The quantitative estimate of drug-likeness (QED) is 0.187. The molecule has 53 heavy (non-hydrogen) atoms. The summed E-state index contributed by atoms with van der Waals surface area (Å²) in [4.78, 5) is 10.5. The molecule has 0 bridgehead atoms. The molecule has 0 amide bonds. The topological polar surface area (TPSA) is 40.0 Å². The second kappa shape index (κ2) is 10.6. The summed E-state index contributed by atoms with van der Waals surface area (Å²) in [5.74, 6) is 0.827. The lowest BCUT2D eigenvalue weighted by molar-refractivity contribution is 0.979. The van der Waals surface area contributed by atoms with Crippen LogP contribution in [0, 0.1) is 0 Å². The predicted octanol–water partition coefficient (Wildman–Crippen LogP) is 12.1. The summed E-state index contributed by atoms with van der Waals surface area (Å²) in [6, 6.07) is 63.2. The van der Waals surface area contributed by atoms with Crippen LogP contribution in [0.25, 0.3) is 105 Å². The van der Waals surface area contributed by atoms with E-state index in [1.165, 1.54) is 54.5 Å². The lowest BCUT2D eigenvalue weighted by Crippen LogP contribution is -2.06. The maximum atomic E-state index is 5.34. The Balaban J connectivity index is 1.11. The molecule has 0 saturated carbocycles. The van der Waals surface area contributed by atoms with Crippen LogP contribution >= 0.6 is 0 Å². The molecule has 0 atom stereocenters. The predicted molar refractivity (Wildman–Crippen MR) is 220 cm³/mol. The van der Waals surface area contributed by atoms with Crippen molar-refractivity contribution in [3.8, 4) is 22.8 Å². The van der Waals surface area contributed by atoms with Crippen molar-refractivity contribution in [3.63, 3.8) is 0 Å². The fourth-order valence-corrected chi connectivity index (χ4v) is 8.59. The number of benzene rings is 8. The monoisotopic (exact) mass is 675 g/mol. The molecule has 0 aliphatic heterocycles. The van der Waals surface area contributed by atoms with Crippen LogP contribution in [0.2, 0.25) is 0 Å². The minimum Gasteiger partial charge on any atom is -0.309 e. The van der Waals surface area contributed by atoms with E-state index in [0.29, 0.717) is 0 Å². The van der Waals surface area contributed by atoms with Gasteiger partial charge in [-0.25, -0.2) is 9.97 Å². The van der Waals surface area contributed by atoms with Crippen LogP contribution in [-0.2, 0) is 0 Å². The van der Waals surface area contributed by atoms with Gasteiger partial charge in [-0.15, -0.1) is 0 Å². The summed E-state index contributed by atoms with van der Waals surface area (Å²) < 4.78 is 6.94. The molecule has 12 aromatic rings. The number of para-hydroxylation sites is 5. The highest BCUT2D eigenvalue weighted by molar-refractivity contribution is 6.13. The fraction of sp³-hybridized carbons (Fsp3) is 0. The van der Waals surface area contributed by atoms with Crippen molar-refractivity contribution in [1.82, 2.24) is 23.5 Å². The van der Waals surface area contributed by atoms with Gasteiger partial charge in [0.1, 0.15) is 5.65 Å². The molecular weight excluding hydrogens is 647 g/mol. The van der Waals surface area contributed by atoms with Gasteiger partial charge in [0.05, 0.1) is 38.6 Å². The molecule has 8 aromatic carbocycles. The lowest BCUT2D eigenvalue weighted by atomic mass is 10.0. The first-order chi connectivity index (χ1) is 26.3. The zero-order valence-electron chi connectivity index (χ0n) is 28.5. The van der Waals surface area contributed by atoms with Gasteiger partial charge in [-0.1, -0.05) is 109 Å². The largest absolute Gasteiger partial charge is 0.309 e. The summed E-state index contributed by atoms with van der Waals surface area (Å²) >= 11 is 0. The molecule has 0 saturated heterocycles. The zero-order valence-corrected chi connectivity index (χ0v) is 28.5. The van der Waals surface area contributed by atoms with E-state index in [2.05, 4.69) is 177 Å². The van der Waals surface area contributed by atoms with E-state index in [-0.39, 0.29) is 0 Å². The van der Waals surface area contributed by atoms with E-state index in [1.54, 1.807) is 0 Å². The Hall–Kier alpha value is -7.24. The normalized spacial score (nSPS) is 12.2. The van der Waals surface area contributed by atoms with Crippen LogP contribution in [0.4, 0.5) is 0 Å². The zero-order chi connectivity index (χ0) is 34.6. The summed E-state index contributed by atoms with van der Waals surface area (Å²) in [5.41, 5.74) is 11.9. The number of aromatic nitrogens is 5. The molecule has 0 aliphatic rings. The Bertz CT molecular complexity index is 3470. The van der Waals surface area contributed by atoms with Crippen LogP contribution in [0.5, 0.6) is 0 Å². The van der Waals surface area contributed by atoms with Crippen molar-refractivity contribution in [3.05, 3.63) is 176 Å². The fourth-order valence-electron chi connectivity index (χ4n) is 8.59. The Morgan fingerprint density at radius 3 is 1.79 bits per heavy atom. The highest BCUT2D eigenvalue weighted by Crippen LogP contribution is 2.39. The van der Waals surface area contributed by atoms with Crippen molar-refractivity contribution in [1.29, 1.82) is 0 Å². The number of hydrogen-bond donors (Lipinski definition) is 0. The first-order valence-electron chi connectivity index (χ1n) is 18.0. The Labute approximate surface area is 303 Å². The maximum absolute atomic E-state index is 5.34. The third-order valence-corrected chi connectivity index (χ3v) is 11.0. The average molecular weight is 676 g/mol. The lowest BCUT2D eigenvalue weighted by Gasteiger charge is -2.13. The molecule has 5 nitrogen and oxygen atoms in total. The van der Waals surface area contributed by atoms with Crippen molar-refractivity contribution >= 4 is 82.0 Å². The number of hydrogen-bond acceptors (Lipinski definition) is 2. The van der Waals surface area contributed by atoms with Gasteiger partial charge in [-0.2, -0.15) is 0 Å². The van der Waals surface area contributed by atoms with Crippen molar-refractivity contribution in [2.45, 2.75) is 0 Å². The summed E-state index contributed by atoms with van der Waals surface area (Å²) in [6.07, 6.45) is 0. The van der Waals surface area contributed by atoms with Crippen molar-refractivity contribution in [2.75, 3.05) is 0 Å². The molecule has 246 valence electrons. The highest BCUT2D eigenvalue weighted by atomic mass is 15.2. The minimum atomic E-state index is 0.827. The number of nitrogens with zero attached hydrogens (tertiary/aromatic N) is 5. The van der Waals surface area contributed by atoms with Gasteiger partial charge in [0, 0.05) is 32.6 Å². The van der Waals surface area contributed by atoms with E-state index in [9.17, 15) is 0 Å². The van der Waals surface area contributed by atoms with Gasteiger partial charge in [-0.05, 0) is 88.6 Å². The maximum Gasteiger partial charge on any atom is 0.221 e. The second-order valence-corrected chi connectivity index (χ2v) is 13.9. The molecule has 4 heterocycles. The number of fused-ring (bicyclic) bond motifs is 12. The van der Waals surface area contributed by atoms with E-state index < -0.39 is 0 Å². The summed E-state index contributed by atoms with van der Waals surface area (Å²) in [5, 5.41) is 8.37. The van der Waals surface area contributed by atoms with Crippen LogP contribution in [0.3, 0.4) is 0 Å². The van der Waals surface area contributed by atoms with Gasteiger partial charge in [-0.3, -0.25) is 8.97 Å². The van der Waals surface area contributed by atoms with Gasteiger partial charge in [0.25, 0.3) is 0 Å². The molecular formula is C48H29N5. The highest BCUT2D eigenvalue weighted by Gasteiger charge is 2.21. The standard InChI is InChI=1S/C48H29N5/c1-2-12-31-27-34(24-21-30(31)11-1)51-42-18-8-4-13-35(42)37-25-22-33(29-46(37)51)32-23-26-44-39(28-32)36-14-5-9-19-43(36)52(44)48-50-40-16-6-3-15-38(40)47-49-41-17-7-10-20-45(41)53(47)48/h1-29H. The first kappa shape index (κ1) is 28.5. The van der Waals surface area contributed by atoms with Gasteiger partial charge < -0.3 is 4.57 Å². The average Bonchev–Trinajstić information content (AvgIpc) is 3.88. The molecule has 0 N–H and O–H groups in total. The SMILES string of the molecule is c1ccc2cc(-n3c4ccccc4c4ccc(-c5ccc6c(c5)c5ccccc5n6-c5nc6ccccc6c6nc7ccccc7n56)cc43)ccc2c1. The van der Waals surface area contributed by atoms with E-state index in [0.717, 1.165) is 50.3 Å². The Kier molecular flexibility index (Phi) is 5.71. The Morgan fingerprint density at radius 1 is 0.340 bits per heavy atom. The minimum absolute atomic E-state index is 0.827. The van der Waals surface area contributed by atoms with Gasteiger partial charge in [0.2, 0.25) is 5.95 Å². The van der Waals surface area contributed by atoms with Crippen LogP contribution < -0.4 is 0 Å². The van der Waals surface area contributed by atoms with Gasteiger partial charge >= 0.3 is 0 Å². The van der Waals surface area contributed by atoms with E-state index >= 15 is 0 Å². The molecule has 12 rings (SSSR count). The smallest absolute Gasteiger partial charge is 0.221 e. The molecule has 0 radical (unpaired) electrons. The van der Waals surface area contributed by atoms with Crippen molar-refractivity contribution in [2.24, 2.45) is 0 Å². The molecule has 0 spiro atoms. The third-order valence-electron chi connectivity index (χ3n) is 11.0. The third kappa shape index (κ3) is 4.02. The van der Waals surface area contributed by atoms with Gasteiger partial charge in [0.15, 0.2) is 0 Å².